The van der Waals surface area contributed by atoms with Crippen molar-refractivity contribution in [3.8, 4) is 24.2 Å². The molecule has 4 atom stereocenters. The number of halogens is 3. The quantitative estimate of drug-likeness (QED) is 0.0367. The number of nitriles is 1. The van der Waals surface area contributed by atoms with Crippen molar-refractivity contribution in [2.24, 2.45) is 0 Å². The predicted octanol–water partition coefficient (Wildman–Crippen LogP) is 14.7. The molecule has 0 amide bonds. The van der Waals surface area contributed by atoms with Crippen LogP contribution >= 0.6 is 34.8 Å². The average Bonchev–Trinajstić information content (AvgIpc) is 1.17. The molecule has 9 aromatic rings. The molecule has 9 aliphatic heterocycles. The SMILES string of the molecule is C/C=C/S(=O)(=O)CCN(C)c1nc(OCC23CCCN2C(c2ccc(Cl)c4c(N5CCc6c(nc(OCC78CCCN7CCC8)nc6N(C)CCS(=O)(=O)/C=C/CN(CC)CCc6cc(Cl)c7c(N8CCc9c(nc(OC[C@@H]%10CCCN%10C)nc9N(C)C9CCN(C#N)C9)C8)cccc7c6)C5)cccc24)CC3)nc2c1CCN(c1cccc3cccc(Cl)c13)C2. The van der Waals surface area contributed by atoms with Crippen LogP contribution in [0.25, 0.3) is 32.3 Å². The first-order valence-corrected chi connectivity index (χ1v) is 49.5. The van der Waals surface area contributed by atoms with Crippen molar-refractivity contribution in [1.82, 2.24) is 54.4 Å². The number of rotatable bonds is 31. The lowest BCUT2D eigenvalue weighted by Gasteiger charge is -2.36. The van der Waals surface area contributed by atoms with Gasteiger partial charge in [0.1, 0.15) is 37.3 Å². The first-order valence-electron chi connectivity index (χ1n) is 44.9. The number of anilines is 6. The van der Waals surface area contributed by atoms with Crippen molar-refractivity contribution < 1.29 is 31.0 Å². The summed E-state index contributed by atoms with van der Waals surface area (Å²) in [6, 6.07) is 35.3. The van der Waals surface area contributed by atoms with Crippen LogP contribution in [0.5, 0.6) is 18.0 Å². The molecule has 125 heavy (non-hydrogen) atoms. The van der Waals surface area contributed by atoms with E-state index in [-0.39, 0.29) is 53.8 Å². The van der Waals surface area contributed by atoms with Gasteiger partial charge >= 0.3 is 18.0 Å². The maximum Gasteiger partial charge on any atom is 0.318 e. The lowest BCUT2D eigenvalue weighted by molar-refractivity contribution is 0.0845. The average molecular weight is 1790 g/mol. The molecule has 0 aliphatic carbocycles. The minimum atomic E-state index is -3.67. The molecule has 25 nitrogen and oxygen atoms in total. The highest BCUT2D eigenvalue weighted by Gasteiger charge is 2.51. The monoisotopic (exact) mass is 1790 g/mol. The number of sulfone groups is 2. The molecule has 660 valence electrons. The summed E-state index contributed by atoms with van der Waals surface area (Å²) < 4.78 is 74.7. The van der Waals surface area contributed by atoms with Crippen molar-refractivity contribution in [3.63, 3.8) is 0 Å². The standard InChI is InChI=1S/C95H115Cl3N18O7S2/c1-7-51-124(117,118)53-49-107(4)89-72-32-46-112(82-24-10-19-66-18-9-23-75(96)85(66)82)58-78(72)102-93(104-89)123-63-95-37-16-43-116(95)81(29-38-95)70-27-28-76(97)87-71(70)22-12-26-84(87)114-47-33-73-79(59-114)101-92(122-62-94-35-14-41-115(94)42-15-36-94)103-88(73)108(5)50-54-125(119,120)52-17-40-110(8-2)44-30-65-55-67-20-11-25-83(86(67)77(98)56-65)113-48-34-74-80(60-113)100-91(121-61-69-21-13-39-106(69)3)105-90(74)109(6)68-31-45-111(57-68)64-99/h7,9-12,17-20,22-28,51-52,55-56,68-69,81H,8,13-16,21,29-50,53-54,57-63H2,1-6H3/b51-7+,52-17+/t68?,69-,81?,95?/m0/s1. The van der Waals surface area contributed by atoms with Gasteiger partial charge in [0.15, 0.2) is 25.9 Å². The van der Waals surface area contributed by atoms with Crippen LogP contribution in [0.4, 0.5) is 34.5 Å². The molecule has 18 rings (SSSR count). The van der Waals surface area contributed by atoms with E-state index in [1.807, 2.05) is 40.9 Å². The molecule has 6 saturated heterocycles. The molecule has 3 aromatic heterocycles. The summed E-state index contributed by atoms with van der Waals surface area (Å²) >= 11 is 21.8. The summed E-state index contributed by atoms with van der Waals surface area (Å²) in [5.74, 6) is 2.08. The molecule has 0 bridgehead atoms. The van der Waals surface area contributed by atoms with Crippen LogP contribution in [0.15, 0.2) is 120 Å². The summed E-state index contributed by atoms with van der Waals surface area (Å²) in [6.07, 6.45) is 19.7. The minimum absolute atomic E-state index is 0.0477. The number of nitrogens with zero attached hydrogens (tertiary/aromatic N) is 18. The van der Waals surface area contributed by atoms with E-state index in [1.54, 1.807) is 19.1 Å². The topological polar surface area (TPSA) is 233 Å². The van der Waals surface area contributed by atoms with Gasteiger partial charge in [0.25, 0.3) is 0 Å². The fraction of sp³-hybridized carbons (Fsp3) is 0.505. The smallest absolute Gasteiger partial charge is 0.318 e. The van der Waals surface area contributed by atoms with Crippen LogP contribution in [0.3, 0.4) is 0 Å². The molecule has 9 aliphatic rings. The van der Waals surface area contributed by atoms with Gasteiger partial charge in [0.2, 0.25) is 0 Å². The van der Waals surface area contributed by atoms with Crippen molar-refractivity contribution in [2.75, 3.05) is 181 Å². The number of likely N-dealkylation sites (N-methyl/N-ethyl adjacent to an activating group) is 3. The zero-order valence-corrected chi connectivity index (χ0v) is 76.7. The Labute approximate surface area is 750 Å². The molecule has 0 spiro atoms. The van der Waals surface area contributed by atoms with E-state index in [0.717, 1.165) is 224 Å². The molecule has 6 fully saturated rings. The third-order valence-electron chi connectivity index (χ3n) is 28.5. The Morgan fingerprint density at radius 3 is 1.74 bits per heavy atom. The maximum atomic E-state index is 14.2. The van der Waals surface area contributed by atoms with E-state index in [4.69, 9.17) is 78.9 Å². The second-order valence-corrected chi connectivity index (χ2v) is 41.2. The molecule has 0 radical (unpaired) electrons. The fourth-order valence-corrected chi connectivity index (χ4v) is 24.6. The van der Waals surface area contributed by atoms with Gasteiger partial charge in [0.05, 0.1) is 80.4 Å². The van der Waals surface area contributed by atoms with Crippen LogP contribution in [0, 0.1) is 11.5 Å². The molecule has 30 heteroatoms. The number of allylic oxidation sites excluding steroid dienone is 1. The van der Waals surface area contributed by atoms with E-state index >= 15 is 0 Å². The third kappa shape index (κ3) is 17.9. The zero-order valence-electron chi connectivity index (χ0n) is 72.8. The highest BCUT2D eigenvalue weighted by molar-refractivity contribution is 7.94. The highest BCUT2D eigenvalue weighted by atomic mass is 35.5. The van der Waals surface area contributed by atoms with Gasteiger partial charge < -0.3 is 53.4 Å². The Bertz CT molecular complexity index is 5890. The molecular formula is C95H115Cl3N18O7S2. The predicted molar refractivity (Wildman–Crippen MR) is 501 cm³/mol. The molecule has 0 N–H and O–H groups in total. The number of hydrogen-bond donors (Lipinski definition) is 0. The van der Waals surface area contributed by atoms with Crippen molar-refractivity contribution in [2.45, 2.75) is 159 Å². The van der Waals surface area contributed by atoms with Gasteiger partial charge in [-0.15, -0.1) is 0 Å². The van der Waals surface area contributed by atoms with Gasteiger partial charge in [-0.25, -0.2) is 16.8 Å². The second kappa shape index (κ2) is 36.6. The number of likely N-dealkylation sites (tertiary alicyclic amines) is 2. The van der Waals surface area contributed by atoms with Crippen LogP contribution in [0.2, 0.25) is 15.1 Å². The third-order valence-corrected chi connectivity index (χ3v) is 32.2. The molecule has 0 saturated carbocycles. The summed E-state index contributed by atoms with van der Waals surface area (Å²) in [7, 11) is 0.975. The van der Waals surface area contributed by atoms with Crippen molar-refractivity contribution in [1.29, 1.82) is 5.26 Å². The van der Waals surface area contributed by atoms with Crippen LogP contribution in [0.1, 0.15) is 135 Å². The van der Waals surface area contributed by atoms with E-state index in [9.17, 15) is 22.1 Å². The summed E-state index contributed by atoms with van der Waals surface area (Å²) in [4.78, 5) is 55.9. The minimum Gasteiger partial charge on any atom is -0.462 e. The van der Waals surface area contributed by atoms with E-state index < -0.39 is 19.7 Å². The van der Waals surface area contributed by atoms with Crippen molar-refractivity contribution in [3.05, 3.63) is 180 Å². The normalized spacial score (nSPS) is 21.0. The van der Waals surface area contributed by atoms with Crippen molar-refractivity contribution >= 4 is 121 Å². The highest BCUT2D eigenvalue weighted by Crippen LogP contribution is 2.52. The summed E-state index contributed by atoms with van der Waals surface area (Å²) in [5, 5.41) is 20.6. The van der Waals surface area contributed by atoms with Crippen LogP contribution in [-0.2, 0) is 65.0 Å². The first-order chi connectivity index (χ1) is 60.5. The Hall–Kier alpha value is -9.08. The Balaban J connectivity index is 0.540. The Morgan fingerprint density at radius 1 is 0.568 bits per heavy atom. The number of fused-ring (bicyclic) bond motifs is 8. The van der Waals surface area contributed by atoms with E-state index in [1.165, 1.54) is 16.4 Å². The first kappa shape index (κ1) is 86.7. The Kier molecular flexibility index (Phi) is 25.4. The Morgan fingerprint density at radius 2 is 1.13 bits per heavy atom. The van der Waals surface area contributed by atoms with Gasteiger partial charge in [-0.1, -0.05) is 115 Å². The van der Waals surface area contributed by atoms with Gasteiger partial charge in [-0.2, -0.15) is 35.2 Å². The second-order valence-electron chi connectivity index (χ2n) is 36.0. The van der Waals surface area contributed by atoms with Crippen LogP contribution in [-0.4, -0.2) is 246 Å². The largest absolute Gasteiger partial charge is 0.462 e. The number of hydrogen-bond acceptors (Lipinski definition) is 25. The van der Waals surface area contributed by atoms with E-state index in [2.05, 4.69) is 151 Å². The van der Waals surface area contributed by atoms with Crippen LogP contribution < -0.4 is 43.6 Å². The summed E-state index contributed by atoms with van der Waals surface area (Å²) in [5.41, 5.74) is 10.8. The van der Waals surface area contributed by atoms with Gasteiger partial charge in [-0.05, 0) is 207 Å². The summed E-state index contributed by atoms with van der Waals surface area (Å²) in [6.45, 7) is 16.7. The van der Waals surface area contributed by atoms with Gasteiger partial charge in [-0.3, -0.25) is 14.7 Å². The number of ether oxygens (including phenoxy) is 3. The lowest BCUT2D eigenvalue weighted by Crippen LogP contribution is -2.44. The van der Waals surface area contributed by atoms with E-state index in [0.29, 0.717) is 130 Å². The van der Waals surface area contributed by atoms with Gasteiger partial charge in [0, 0.05) is 153 Å². The molecular weight excluding hydrogens is 1680 g/mol. The number of benzene rings is 6. The number of aromatic nitrogens is 6. The lowest BCUT2D eigenvalue weighted by atomic mass is 9.93. The maximum absolute atomic E-state index is 14.2. The molecule has 6 aromatic carbocycles. The zero-order chi connectivity index (χ0) is 86.5. The molecule has 3 unspecified atom stereocenters. The molecule has 12 heterocycles. The fourth-order valence-electron chi connectivity index (χ4n) is 21.6.